The molecule has 1 heterocycles. The van der Waals surface area contributed by atoms with Crippen molar-refractivity contribution in [2.45, 2.75) is 6.54 Å². The van der Waals surface area contributed by atoms with E-state index in [0.29, 0.717) is 34.4 Å². The van der Waals surface area contributed by atoms with Crippen LogP contribution in [0.2, 0.25) is 5.02 Å². The molecule has 7 heteroatoms. The van der Waals surface area contributed by atoms with Crippen LogP contribution in [-0.4, -0.2) is 31.8 Å². The number of ether oxygens (including phenoxy) is 3. The summed E-state index contributed by atoms with van der Waals surface area (Å²) in [7, 11) is 4.67. The van der Waals surface area contributed by atoms with Crippen molar-refractivity contribution in [3.63, 3.8) is 0 Å². The van der Waals surface area contributed by atoms with Crippen molar-refractivity contribution in [3.05, 3.63) is 71.0 Å². The number of carbonyl (C=O) groups excluding carboxylic acids is 1. The monoisotopic (exact) mass is 400 g/mol. The Balaban J connectivity index is 1.80. The Labute approximate surface area is 168 Å². The maximum absolute atomic E-state index is 12.7. The normalized spacial score (nSPS) is 10.4. The van der Waals surface area contributed by atoms with Gasteiger partial charge in [0.2, 0.25) is 0 Å². The highest BCUT2D eigenvalue weighted by Crippen LogP contribution is 2.30. The first kappa shape index (κ1) is 19.6. The quantitative estimate of drug-likeness (QED) is 0.649. The van der Waals surface area contributed by atoms with Gasteiger partial charge in [0.15, 0.2) is 11.5 Å². The first-order valence-electron chi connectivity index (χ1n) is 8.57. The summed E-state index contributed by atoms with van der Waals surface area (Å²) >= 11 is 6.40. The maximum atomic E-state index is 12.7. The van der Waals surface area contributed by atoms with Gasteiger partial charge in [0, 0.05) is 25.0 Å². The van der Waals surface area contributed by atoms with E-state index in [2.05, 4.69) is 5.32 Å². The lowest BCUT2D eigenvalue weighted by Gasteiger charge is -2.14. The molecule has 0 saturated heterocycles. The minimum Gasteiger partial charge on any atom is -0.496 e. The third kappa shape index (κ3) is 4.07. The van der Waals surface area contributed by atoms with E-state index in [-0.39, 0.29) is 5.91 Å². The topological polar surface area (TPSA) is 61.7 Å². The van der Waals surface area contributed by atoms with E-state index in [0.717, 1.165) is 11.3 Å². The van der Waals surface area contributed by atoms with E-state index in [1.165, 1.54) is 7.11 Å². The van der Waals surface area contributed by atoms with Gasteiger partial charge >= 0.3 is 0 Å². The van der Waals surface area contributed by atoms with E-state index in [1.807, 2.05) is 41.2 Å². The zero-order valence-electron chi connectivity index (χ0n) is 15.9. The molecule has 6 nitrogen and oxygen atoms in total. The minimum absolute atomic E-state index is 0.285. The van der Waals surface area contributed by atoms with Crippen LogP contribution < -0.4 is 19.5 Å². The Morgan fingerprint density at radius 3 is 2.29 bits per heavy atom. The highest BCUT2D eigenvalue weighted by molar-refractivity contribution is 6.33. The van der Waals surface area contributed by atoms with Crippen molar-refractivity contribution < 1.29 is 19.0 Å². The number of aromatic nitrogens is 1. The Morgan fingerprint density at radius 2 is 1.64 bits per heavy atom. The zero-order valence-corrected chi connectivity index (χ0v) is 16.6. The number of nitrogens with one attached hydrogen (secondary N) is 1. The SMILES string of the molecule is COc1ccc(CNC(=O)c2cc(Cl)c(-n3cccc3)cc2OC)cc1OC. The van der Waals surface area contributed by atoms with Gasteiger partial charge in [0.1, 0.15) is 5.75 Å². The second kappa shape index (κ2) is 8.71. The number of nitrogens with zero attached hydrogens (tertiary/aromatic N) is 1. The van der Waals surface area contributed by atoms with Gasteiger partial charge in [-0.1, -0.05) is 17.7 Å². The van der Waals surface area contributed by atoms with Crippen LogP contribution in [0, 0.1) is 0 Å². The molecular weight excluding hydrogens is 380 g/mol. The molecule has 0 radical (unpaired) electrons. The molecule has 0 bridgehead atoms. The van der Waals surface area contributed by atoms with E-state index in [1.54, 1.807) is 32.4 Å². The molecule has 1 N–H and O–H groups in total. The standard InChI is InChI=1S/C21H21ClN2O4/c1-26-18-7-6-14(10-20(18)28-3)13-23-21(25)15-11-16(22)17(12-19(15)27-2)24-8-4-5-9-24/h4-12H,13H2,1-3H3,(H,23,25). The molecule has 28 heavy (non-hydrogen) atoms. The minimum atomic E-state index is -0.285. The average Bonchev–Trinajstić information content (AvgIpc) is 3.26. The van der Waals surface area contributed by atoms with E-state index in [9.17, 15) is 4.79 Å². The van der Waals surface area contributed by atoms with Gasteiger partial charge in [-0.05, 0) is 35.9 Å². The molecule has 2 aromatic carbocycles. The average molecular weight is 401 g/mol. The number of carbonyl (C=O) groups is 1. The summed E-state index contributed by atoms with van der Waals surface area (Å²) in [6.45, 7) is 0.319. The molecule has 0 aliphatic heterocycles. The fourth-order valence-corrected chi connectivity index (χ4v) is 3.11. The molecule has 3 rings (SSSR count). The molecule has 3 aromatic rings. The fraction of sp³-hybridized carbons (Fsp3) is 0.190. The van der Waals surface area contributed by atoms with Gasteiger partial charge < -0.3 is 24.1 Å². The summed E-state index contributed by atoms with van der Waals surface area (Å²) in [6, 6.07) is 12.6. The van der Waals surface area contributed by atoms with E-state index < -0.39 is 0 Å². The molecule has 0 aliphatic rings. The summed E-state index contributed by atoms with van der Waals surface area (Å²) in [6.07, 6.45) is 3.74. The molecule has 0 atom stereocenters. The number of amides is 1. The van der Waals surface area contributed by atoms with E-state index in [4.69, 9.17) is 25.8 Å². The molecular formula is C21H21ClN2O4. The first-order valence-corrected chi connectivity index (χ1v) is 8.95. The summed E-state index contributed by atoms with van der Waals surface area (Å²) in [5, 5.41) is 3.33. The predicted molar refractivity (Wildman–Crippen MR) is 108 cm³/mol. The molecule has 1 aromatic heterocycles. The predicted octanol–water partition coefficient (Wildman–Crippen LogP) is 4.09. The molecule has 0 fully saturated rings. The van der Waals surface area contributed by atoms with Gasteiger partial charge in [-0.3, -0.25) is 4.79 Å². The second-order valence-corrected chi connectivity index (χ2v) is 6.37. The lowest BCUT2D eigenvalue weighted by molar-refractivity contribution is 0.0948. The fourth-order valence-electron chi connectivity index (χ4n) is 2.85. The molecule has 1 amide bonds. The summed E-state index contributed by atoms with van der Waals surface area (Å²) < 4.78 is 17.8. The van der Waals surface area contributed by atoms with Crippen LogP contribution in [0.4, 0.5) is 0 Å². The molecule has 0 unspecified atom stereocenters. The third-order valence-corrected chi connectivity index (χ3v) is 4.60. The smallest absolute Gasteiger partial charge is 0.255 e. The van der Waals surface area contributed by atoms with Crippen LogP contribution in [0.3, 0.4) is 0 Å². The molecule has 0 spiro atoms. The number of rotatable bonds is 7. The zero-order chi connectivity index (χ0) is 20.1. The highest BCUT2D eigenvalue weighted by atomic mass is 35.5. The molecule has 146 valence electrons. The van der Waals surface area contributed by atoms with Gasteiger partial charge in [0.05, 0.1) is 37.6 Å². The summed E-state index contributed by atoms with van der Waals surface area (Å²) in [4.78, 5) is 12.7. The van der Waals surface area contributed by atoms with Crippen LogP contribution in [0.25, 0.3) is 5.69 Å². The summed E-state index contributed by atoms with van der Waals surface area (Å²) in [5.41, 5.74) is 1.98. The number of benzene rings is 2. The van der Waals surface area contributed by atoms with Crippen LogP contribution in [-0.2, 0) is 6.54 Å². The van der Waals surface area contributed by atoms with E-state index >= 15 is 0 Å². The lowest BCUT2D eigenvalue weighted by Crippen LogP contribution is -2.23. The Morgan fingerprint density at radius 1 is 0.964 bits per heavy atom. The lowest BCUT2D eigenvalue weighted by atomic mass is 10.1. The van der Waals surface area contributed by atoms with Gasteiger partial charge in [-0.25, -0.2) is 0 Å². The number of hydrogen-bond donors (Lipinski definition) is 1. The van der Waals surface area contributed by atoms with Crippen molar-refractivity contribution in [1.29, 1.82) is 0 Å². The van der Waals surface area contributed by atoms with Crippen molar-refractivity contribution in [2.75, 3.05) is 21.3 Å². The molecule has 0 aliphatic carbocycles. The second-order valence-electron chi connectivity index (χ2n) is 5.97. The van der Waals surface area contributed by atoms with Crippen LogP contribution >= 0.6 is 11.6 Å². The van der Waals surface area contributed by atoms with Gasteiger partial charge in [0.25, 0.3) is 5.91 Å². The summed E-state index contributed by atoms with van der Waals surface area (Å²) in [5.74, 6) is 1.39. The van der Waals surface area contributed by atoms with Crippen LogP contribution in [0.1, 0.15) is 15.9 Å². The van der Waals surface area contributed by atoms with Gasteiger partial charge in [-0.2, -0.15) is 0 Å². The number of halogens is 1. The van der Waals surface area contributed by atoms with Crippen molar-refractivity contribution in [2.24, 2.45) is 0 Å². The number of methoxy groups -OCH3 is 3. The van der Waals surface area contributed by atoms with Crippen LogP contribution in [0.5, 0.6) is 17.2 Å². The first-order chi connectivity index (χ1) is 13.6. The van der Waals surface area contributed by atoms with Crippen LogP contribution in [0.15, 0.2) is 54.9 Å². The van der Waals surface area contributed by atoms with Crippen molar-refractivity contribution in [3.8, 4) is 22.9 Å². The highest BCUT2D eigenvalue weighted by Gasteiger charge is 2.17. The Bertz CT molecular complexity index is 971. The Hall–Kier alpha value is -3.12. The van der Waals surface area contributed by atoms with Gasteiger partial charge in [-0.15, -0.1) is 0 Å². The van der Waals surface area contributed by atoms with Crippen molar-refractivity contribution in [1.82, 2.24) is 9.88 Å². The third-order valence-electron chi connectivity index (χ3n) is 4.30. The molecule has 0 saturated carbocycles. The van der Waals surface area contributed by atoms with Crippen molar-refractivity contribution >= 4 is 17.5 Å². The number of hydrogen-bond acceptors (Lipinski definition) is 4. The Kier molecular flexibility index (Phi) is 6.11. The largest absolute Gasteiger partial charge is 0.496 e. The maximum Gasteiger partial charge on any atom is 0.255 e.